The predicted molar refractivity (Wildman–Crippen MR) is 89.6 cm³/mol. The van der Waals surface area contributed by atoms with Crippen LogP contribution in [0.25, 0.3) is 10.9 Å². The summed E-state index contributed by atoms with van der Waals surface area (Å²) in [6, 6.07) is 13.9. The average molecular weight is 328 g/mol. The Balaban J connectivity index is 2.06. The van der Waals surface area contributed by atoms with Crippen LogP contribution < -0.4 is 0 Å². The molecule has 0 spiro atoms. The number of carbonyl (C=O) groups excluding carboxylic acids is 1. The first-order valence-corrected chi connectivity index (χ1v) is 7.51. The van der Waals surface area contributed by atoms with Gasteiger partial charge in [0.15, 0.2) is 5.69 Å². The number of rotatable bonds is 3. The molecular weight excluding hydrogens is 314 g/mol. The Morgan fingerprint density at radius 1 is 1.22 bits per heavy atom. The van der Waals surface area contributed by atoms with Crippen LogP contribution in [0.3, 0.4) is 0 Å². The van der Waals surface area contributed by atoms with E-state index in [9.17, 15) is 9.90 Å². The van der Waals surface area contributed by atoms with Gasteiger partial charge in [0, 0.05) is 22.5 Å². The molecule has 0 fully saturated rings. The molecular formula is C17H14ClN3O2. The van der Waals surface area contributed by atoms with Gasteiger partial charge in [0.2, 0.25) is 5.88 Å². The van der Waals surface area contributed by atoms with Crippen molar-refractivity contribution in [1.29, 1.82) is 0 Å². The number of azo groups is 1. The average Bonchev–Trinajstić information content (AvgIpc) is 2.83. The highest BCUT2D eigenvalue weighted by Gasteiger charge is 2.16. The highest BCUT2D eigenvalue weighted by atomic mass is 35.5. The molecule has 0 aliphatic heterocycles. The van der Waals surface area contributed by atoms with Crippen LogP contribution in [0.2, 0.25) is 5.02 Å². The molecule has 0 aliphatic carbocycles. The van der Waals surface area contributed by atoms with Crippen molar-refractivity contribution >= 4 is 34.1 Å². The standard InChI is InChI=1S/C17H14ClN3O2/c1-2-21-14-9-8-12(18)10-13(14)15(17(21)23)19-20-16(22)11-6-4-3-5-7-11/h3-10,23H,2H2,1H3. The van der Waals surface area contributed by atoms with Crippen molar-refractivity contribution in [1.82, 2.24) is 4.57 Å². The normalized spacial score (nSPS) is 11.4. The Morgan fingerprint density at radius 2 is 1.96 bits per heavy atom. The van der Waals surface area contributed by atoms with Crippen molar-refractivity contribution < 1.29 is 9.90 Å². The maximum Gasteiger partial charge on any atom is 0.295 e. The van der Waals surface area contributed by atoms with Crippen LogP contribution in [0.4, 0.5) is 5.69 Å². The summed E-state index contributed by atoms with van der Waals surface area (Å²) in [5, 5.41) is 19.2. The van der Waals surface area contributed by atoms with Gasteiger partial charge in [-0.3, -0.25) is 4.79 Å². The fourth-order valence-corrected chi connectivity index (χ4v) is 2.62. The molecule has 0 atom stereocenters. The zero-order valence-electron chi connectivity index (χ0n) is 12.4. The number of benzene rings is 2. The van der Waals surface area contributed by atoms with E-state index in [0.29, 0.717) is 22.5 Å². The second kappa shape index (κ2) is 6.22. The van der Waals surface area contributed by atoms with E-state index in [1.165, 1.54) is 0 Å². The zero-order chi connectivity index (χ0) is 16.4. The molecule has 116 valence electrons. The summed E-state index contributed by atoms with van der Waals surface area (Å²) in [4.78, 5) is 12.0. The number of fused-ring (bicyclic) bond motifs is 1. The molecule has 2 aromatic carbocycles. The third kappa shape index (κ3) is 2.83. The number of amides is 1. The summed E-state index contributed by atoms with van der Waals surface area (Å²) in [5.74, 6) is -0.501. The highest BCUT2D eigenvalue weighted by Crippen LogP contribution is 2.39. The number of hydrogen-bond acceptors (Lipinski definition) is 3. The second-order valence-corrected chi connectivity index (χ2v) is 5.39. The monoisotopic (exact) mass is 327 g/mol. The number of halogens is 1. The number of nitrogens with zero attached hydrogens (tertiary/aromatic N) is 3. The quantitative estimate of drug-likeness (QED) is 0.692. The Bertz CT molecular complexity index is 901. The van der Waals surface area contributed by atoms with Gasteiger partial charge >= 0.3 is 0 Å². The Labute approximate surface area is 137 Å². The third-order valence-electron chi connectivity index (χ3n) is 3.55. The molecule has 3 aromatic rings. The van der Waals surface area contributed by atoms with Crippen LogP contribution in [-0.2, 0) is 6.54 Å². The Kier molecular flexibility index (Phi) is 4.12. The van der Waals surface area contributed by atoms with Crippen LogP contribution >= 0.6 is 11.6 Å². The fourth-order valence-electron chi connectivity index (χ4n) is 2.45. The first kappa shape index (κ1) is 15.2. The largest absolute Gasteiger partial charge is 0.493 e. The molecule has 5 nitrogen and oxygen atoms in total. The smallest absolute Gasteiger partial charge is 0.295 e. The van der Waals surface area contributed by atoms with Gasteiger partial charge in [0.25, 0.3) is 5.91 Å². The van der Waals surface area contributed by atoms with E-state index in [1.807, 2.05) is 13.0 Å². The molecule has 0 unspecified atom stereocenters. The molecule has 3 rings (SSSR count). The van der Waals surface area contributed by atoms with Crippen LogP contribution in [0.5, 0.6) is 5.88 Å². The lowest BCUT2D eigenvalue weighted by molar-refractivity contribution is 0.0995. The van der Waals surface area contributed by atoms with Gasteiger partial charge in [-0.05, 0) is 37.3 Å². The van der Waals surface area contributed by atoms with Gasteiger partial charge in [-0.25, -0.2) is 0 Å². The lowest BCUT2D eigenvalue weighted by atomic mass is 10.2. The van der Waals surface area contributed by atoms with Gasteiger partial charge in [-0.1, -0.05) is 29.8 Å². The first-order valence-electron chi connectivity index (χ1n) is 7.13. The summed E-state index contributed by atoms with van der Waals surface area (Å²) < 4.78 is 1.69. The summed E-state index contributed by atoms with van der Waals surface area (Å²) in [6.07, 6.45) is 0. The predicted octanol–water partition coefficient (Wildman–Crippen LogP) is 4.94. The fraction of sp³-hybridized carbons (Fsp3) is 0.118. The summed E-state index contributed by atoms with van der Waals surface area (Å²) in [5.41, 5.74) is 1.47. The minimum atomic E-state index is -0.468. The zero-order valence-corrected chi connectivity index (χ0v) is 13.2. The second-order valence-electron chi connectivity index (χ2n) is 4.95. The Morgan fingerprint density at radius 3 is 2.65 bits per heavy atom. The van der Waals surface area contributed by atoms with E-state index in [4.69, 9.17) is 11.6 Å². The summed E-state index contributed by atoms with van der Waals surface area (Å²) in [6.45, 7) is 2.47. The summed E-state index contributed by atoms with van der Waals surface area (Å²) >= 11 is 6.02. The molecule has 0 radical (unpaired) electrons. The maximum absolute atomic E-state index is 12.0. The Hall–Kier alpha value is -2.66. The molecule has 23 heavy (non-hydrogen) atoms. The van der Waals surface area contributed by atoms with E-state index >= 15 is 0 Å². The number of carbonyl (C=O) groups is 1. The topological polar surface area (TPSA) is 66.9 Å². The van der Waals surface area contributed by atoms with Crippen molar-refractivity contribution in [2.45, 2.75) is 13.5 Å². The molecule has 0 aliphatic rings. The molecule has 1 heterocycles. The van der Waals surface area contributed by atoms with Gasteiger partial charge < -0.3 is 9.67 Å². The van der Waals surface area contributed by atoms with Gasteiger partial charge in [-0.2, -0.15) is 0 Å². The summed E-state index contributed by atoms with van der Waals surface area (Å²) in [7, 11) is 0. The number of hydrogen-bond donors (Lipinski definition) is 1. The van der Waals surface area contributed by atoms with E-state index in [-0.39, 0.29) is 11.6 Å². The third-order valence-corrected chi connectivity index (χ3v) is 3.78. The van der Waals surface area contributed by atoms with Crippen molar-refractivity contribution in [3.8, 4) is 5.88 Å². The van der Waals surface area contributed by atoms with E-state index < -0.39 is 5.91 Å². The molecule has 6 heteroatoms. The molecule has 0 saturated heterocycles. The SMILES string of the molecule is CCn1c(O)c(N=NC(=O)c2ccccc2)c2cc(Cl)ccc21. The molecule has 1 aromatic heterocycles. The lowest BCUT2D eigenvalue weighted by Crippen LogP contribution is -1.92. The van der Waals surface area contributed by atoms with E-state index in [2.05, 4.69) is 10.2 Å². The lowest BCUT2D eigenvalue weighted by Gasteiger charge is -2.01. The number of aryl methyl sites for hydroxylation is 1. The van der Waals surface area contributed by atoms with Gasteiger partial charge in [0.05, 0.1) is 5.52 Å². The molecule has 0 saturated carbocycles. The van der Waals surface area contributed by atoms with Crippen LogP contribution in [-0.4, -0.2) is 15.6 Å². The maximum atomic E-state index is 12.0. The van der Waals surface area contributed by atoms with Crippen molar-refractivity contribution in [2.75, 3.05) is 0 Å². The molecule has 0 bridgehead atoms. The van der Waals surface area contributed by atoms with Gasteiger partial charge in [-0.15, -0.1) is 10.2 Å². The molecule has 1 N–H and O–H groups in total. The van der Waals surface area contributed by atoms with Crippen molar-refractivity contribution in [2.24, 2.45) is 10.2 Å². The minimum absolute atomic E-state index is 0.0330. The van der Waals surface area contributed by atoms with Crippen LogP contribution in [0.15, 0.2) is 58.8 Å². The first-order chi connectivity index (χ1) is 11.1. The molecule has 1 amide bonds. The number of aromatic nitrogens is 1. The minimum Gasteiger partial charge on any atom is -0.493 e. The number of aromatic hydroxyl groups is 1. The highest BCUT2D eigenvalue weighted by molar-refractivity contribution is 6.31. The van der Waals surface area contributed by atoms with E-state index in [0.717, 1.165) is 5.52 Å². The van der Waals surface area contributed by atoms with Crippen molar-refractivity contribution in [3.05, 3.63) is 59.1 Å². The van der Waals surface area contributed by atoms with Crippen LogP contribution in [0.1, 0.15) is 17.3 Å². The van der Waals surface area contributed by atoms with Crippen molar-refractivity contribution in [3.63, 3.8) is 0 Å². The van der Waals surface area contributed by atoms with Gasteiger partial charge in [0.1, 0.15) is 0 Å². The van der Waals surface area contributed by atoms with Crippen LogP contribution in [0, 0.1) is 0 Å². The van der Waals surface area contributed by atoms with E-state index in [1.54, 1.807) is 47.0 Å².